The highest BCUT2D eigenvalue weighted by Gasteiger charge is 2.00. The normalized spacial score (nSPS) is 10.3. The van der Waals surface area contributed by atoms with Crippen LogP contribution in [0, 0.1) is 0 Å². The van der Waals surface area contributed by atoms with E-state index in [2.05, 4.69) is 20.1 Å². The predicted molar refractivity (Wildman–Crippen MR) is 54.0 cm³/mol. The zero-order valence-electron chi connectivity index (χ0n) is 9.06. The molecule has 0 aliphatic heterocycles. The third kappa shape index (κ3) is 4.55. The molecule has 0 saturated heterocycles. The number of carbonyl (C=O) groups excluding carboxylic acids is 1. The Balaban J connectivity index is 2.05. The van der Waals surface area contributed by atoms with Crippen LogP contribution in [0.15, 0.2) is 6.33 Å². The first-order chi connectivity index (χ1) is 7.22. The third-order valence-electron chi connectivity index (χ3n) is 1.89. The molecule has 0 saturated carbocycles. The number of nitrogens with one attached hydrogen (secondary N) is 1. The molecule has 1 aromatic heterocycles. The van der Waals surface area contributed by atoms with E-state index >= 15 is 0 Å². The van der Waals surface area contributed by atoms with Crippen LogP contribution in [0.4, 0.5) is 0 Å². The fraction of sp³-hybridized carbons (Fsp3) is 0.667. The number of ether oxygens (including phenoxy) is 1. The van der Waals surface area contributed by atoms with Crippen LogP contribution >= 0.6 is 0 Å². The van der Waals surface area contributed by atoms with Crippen LogP contribution in [0.2, 0.25) is 0 Å². The van der Waals surface area contributed by atoms with Gasteiger partial charge in [-0.05, 0) is 13.0 Å². The number of carbonyl (C=O) groups is 1. The summed E-state index contributed by atoms with van der Waals surface area (Å²) in [6.07, 6.45) is 2.87. The van der Waals surface area contributed by atoms with Gasteiger partial charge in [0.2, 0.25) is 0 Å². The molecule has 1 aromatic rings. The number of aromatic nitrogens is 3. The van der Waals surface area contributed by atoms with Crippen molar-refractivity contribution in [2.75, 3.05) is 13.7 Å². The molecule has 1 heterocycles. The van der Waals surface area contributed by atoms with E-state index in [1.807, 2.05) is 7.05 Å². The maximum atomic E-state index is 10.8. The summed E-state index contributed by atoms with van der Waals surface area (Å²) in [5.41, 5.74) is 0. The van der Waals surface area contributed by atoms with Crippen LogP contribution in [-0.4, -0.2) is 34.4 Å². The molecule has 0 atom stereocenters. The quantitative estimate of drug-likeness (QED) is 0.525. The summed E-state index contributed by atoms with van der Waals surface area (Å²) in [5.74, 6) is 0.586. The first kappa shape index (κ1) is 11.6. The van der Waals surface area contributed by atoms with Crippen LogP contribution in [-0.2, 0) is 23.1 Å². The number of hydrogen-bond donors (Lipinski definition) is 1. The average Bonchev–Trinajstić information content (AvgIpc) is 2.63. The van der Waals surface area contributed by atoms with Crippen molar-refractivity contribution < 1.29 is 9.53 Å². The van der Waals surface area contributed by atoms with Crippen LogP contribution < -0.4 is 5.32 Å². The van der Waals surface area contributed by atoms with Gasteiger partial charge in [-0.25, -0.2) is 4.98 Å². The number of methoxy groups -OCH3 is 1. The fourth-order valence-electron chi connectivity index (χ4n) is 1.12. The molecule has 0 aliphatic carbocycles. The Morgan fingerprint density at radius 1 is 1.67 bits per heavy atom. The van der Waals surface area contributed by atoms with Crippen molar-refractivity contribution in [1.29, 1.82) is 0 Å². The molecule has 84 valence electrons. The van der Waals surface area contributed by atoms with Gasteiger partial charge >= 0.3 is 5.97 Å². The van der Waals surface area contributed by atoms with Crippen LogP contribution in [0.5, 0.6) is 0 Å². The molecule has 0 spiro atoms. The number of hydrogen-bond acceptors (Lipinski definition) is 5. The van der Waals surface area contributed by atoms with Gasteiger partial charge in [-0.3, -0.25) is 9.48 Å². The minimum atomic E-state index is -0.173. The maximum Gasteiger partial charge on any atom is 0.305 e. The Hall–Kier alpha value is -1.43. The van der Waals surface area contributed by atoms with E-state index in [4.69, 9.17) is 0 Å². The predicted octanol–water partition coefficient (Wildman–Crippen LogP) is -0.142. The largest absolute Gasteiger partial charge is 0.469 e. The van der Waals surface area contributed by atoms with Gasteiger partial charge in [-0.1, -0.05) is 0 Å². The lowest BCUT2D eigenvalue weighted by Crippen LogP contribution is -2.17. The first-order valence-corrected chi connectivity index (χ1v) is 4.84. The molecule has 0 aromatic carbocycles. The van der Waals surface area contributed by atoms with E-state index in [1.165, 1.54) is 7.11 Å². The molecule has 0 amide bonds. The van der Waals surface area contributed by atoms with Gasteiger partial charge in [0.25, 0.3) is 0 Å². The molecule has 0 bridgehead atoms. The monoisotopic (exact) mass is 212 g/mol. The van der Waals surface area contributed by atoms with Gasteiger partial charge in [-0.15, -0.1) is 0 Å². The molecular formula is C9H16N4O2. The third-order valence-corrected chi connectivity index (χ3v) is 1.89. The summed E-state index contributed by atoms with van der Waals surface area (Å²) in [7, 11) is 3.22. The van der Waals surface area contributed by atoms with E-state index in [0.29, 0.717) is 13.0 Å². The van der Waals surface area contributed by atoms with Gasteiger partial charge in [-0.2, -0.15) is 5.10 Å². The highest BCUT2D eigenvalue weighted by molar-refractivity contribution is 5.68. The Morgan fingerprint density at radius 3 is 3.07 bits per heavy atom. The van der Waals surface area contributed by atoms with Crippen molar-refractivity contribution in [1.82, 2.24) is 20.1 Å². The van der Waals surface area contributed by atoms with Crippen molar-refractivity contribution in [2.24, 2.45) is 7.05 Å². The van der Waals surface area contributed by atoms with E-state index in [0.717, 1.165) is 18.8 Å². The lowest BCUT2D eigenvalue weighted by atomic mass is 10.3. The molecular weight excluding hydrogens is 196 g/mol. The van der Waals surface area contributed by atoms with Gasteiger partial charge in [0.15, 0.2) is 5.82 Å². The van der Waals surface area contributed by atoms with E-state index in [-0.39, 0.29) is 5.97 Å². The SMILES string of the molecule is COC(=O)CCCNCc1ncn(C)n1. The molecule has 1 N–H and O–H groups in total. The second-order valence-electron chi connectivity index (χ2n) is 3.19. The zero-order chi connectivity index (χ0) is 11.1. The molecule has 0 fully saturated rings. The fourth-order valence-corrected chi connectivity index (χ4v) is 1.12. The topological polar surface area (TPSA) is 69.0 Å². The maximum absolute atomic E-state index is 10.8. The summed E-state index contributed by atoms with van der Waals surface area (Å²) in [6.45, 7) is 1.38. The number of nitrogens with zero attached hydrogens (tertiary/aromatic N) is 3. The zero-order valence-corrected chi connectivity index (χ0v) is 9.06. The smallest absolute Gasteiger partial charge is 0.305 e. The summed E-state index contributed by atoms with van der Waals surface area (Å²) < 4.78 is 6.18. The highest BCUT2D eigenvalue weighted by Crippen LogP contribution is 1.91. The van der Waals surface area contributed by atoms with Gasteiger partial charge in [0, 0.05) is 13.5 Å². The number of aryl methyl sites for hydroxylation is 1. The lowest BCUT2D eigenvalue weighted by Gasteiger charge is -2.01. The number of rotatable bonds is 6. The summed E-state index contributed by atoms with van der Waals surface area (Å²) >= 11 is 0. The van der Waals surface area contributed by atoms with E-state index in [1.54, 1.807) is 11.0 Å². The Morgan fingerprint density at radius 2 is 2.47 bits per heavy atom. The van der Waals surface area contributed by atoms with Crippen molar-refractivity contribution >= 4 is 5.97 Å². The molecule has 0 radical (unpaired) electrons. The Labute approximate surface area is 88.6 Å². The van der Waals surface area contributed by atoms with Crippen LogP contribution in [0.1, 0.15) is 18.7 Å². The molecule has 0 unspecified atom stereocenters. The highest BCUT2D eigenvalue weighted by atomic mass is 16.5. The van der Waals surface area contributed by atoms with E-state index < -0.39 is 0 Å². The van der Waals surface area contributed by atoms with Crippen molar-refractivity contribution in [3.05, 3.63) is 12.2 Å². The number of esters is 1. The molecule has 15 heavy (non-hydrogen) atoms. The van der Waals surface area contributed by atoms with Gasteiger partial charge in [0.1, 0.15) is 6.33 Å². The van der Waals surface area contributed by atoms with Crippen molar-refractivity contribution in [2.45, 2.75) is 19.4 Å². The summed E-state index contributed by atoms with van der Waals surface area (Å²) in [4.78, 5) is 14.8. The standard InChI is InChI=1S/C9H16N4O2/c1-13-7-11-8(12-13)6-10-5-3-4-9(14)15-2/h7,10H,3-6H2,1-2H3. The van der Waals surface area contributed by atoms with Crippen molar-refractivity contribution in [3.63, 3.8) is 0 Å². The Bertz CT molecular complexity index is 311. The lowest BCUT2D eigenvalue weighted by molar-refractivity contribution is -0.140. The molecule has 6 heteroatoms. The molecule has 0 aliphatic rings. The first-order valence-electron chi connectivity index (χ1n) is 4.84. The van der Waals surface area contributed by atoms with Gasteiger partial charge in [0.05, 0.1) is 13.7 Å². The summed E-state index contributed by atoms with van der Waals surface area (Å²) in [6, 6.07) is 0. The Kier molecular flexibility index (Phi) is 4.76. The second kappa shape index (κ2) is 6.13. The second-order valence-corrected chi connectivity index (χ2v) is 3.19. The van der Waals surface area contributed by atoms with Crippen LogP contribution in [0.25, 0.3) is 0 Å². The van der Waals surface area contributed by atoms with Gasteiger partial charge < -0.3 is 10.1 Å². The van der Waals surface area contributed by atoms with Crippen LogP contribution in [0.3, 0.4) is 0 Å². The molecule has 6 nitrogen and oxygen atoms in total. The minimum Gasteiger partial charge on any atom is -0.469 e. The average molecular weight is 212 g/mol. The van der Waals surface area contributed by atoms with Crippen molar-refractivity contribution in [3.8, 4) is 0 Å². The molecule has 1 rings (SSSR count). The van der Waals surface area contributed by atoms with E-state index in [9.17, 15) is 4.79 Å². The minimum absolute atomic E-state index is 0.173. The summed E-state index contributed by atoms with van der Waals surface area (Å²) in [5, 5.41) is 7.26.